The quantitative estimate of drug-likeness (QED) is 0.863. The van der Waals surface area contributed by atoms with E-state index >= 15 is 0 Å². The molecule has 146 valence electrons. The molecule has 0 saturated carbocycles. The minimum Gasteiger partial charge on any atom is -0.381 e. The number of nitrogens with zero attached hydrogens (tertiary/aromatic N) is 4. The minimum atomic E-state index is -0.0461. The Bertz CT molecular complexity index is 762. The van der Waals surface area contributed by atoms with Crippen molar-refractivity contribution in [3.63, 3.8) is 0 Å². The Balaban J connectivity index is 1.41. The zero-order chi connectivity index (χ0) is 18.6. The van der Waals surface area contributed by atoms with E-state index in [2.05, 4.69) is 38.2 Å². The maximum absolute atomic E-state index is 12.9. The van der Waals surface area contributed by atoms with E-state index in [-0.39, 0.29) is 11.8 Å². The predicted molar refractivity (Wildman–Crippen MR) is 102 cm³/mol. The second kappa shape index (κ2) is 8.27. The number of aryl methyl sites for hydroxylation is 1. The van der Waals surface area contributed by atoms with Crippen LogP contribution in [-0.2, 0) is 36.2 Å². The molecule has 0 bridgehead atoms. The molecule has 0 spiro atoms. The lowest BCUT2D eigenvalue weighted by atomic mass is 10.00. The minimum absolute atomic E-state index is 0.0461. The number of nitrogens with one attached hydrogen (secondary N) is 1. The largest absolute Gasteiger partial charge is 0.381 e. The van der Waals surface area contributed by atoms with Crippen molar-refractivity contribution < 1.29 is 9.53 Å². The van der Waals surface area contributed by atoms with E-state index in [0.717, 1.165) is 58.8 Å². The molecule has 1 atom stereocenters. The van der Waals surface area contributed by atoms with Crippen molar-refractivity contribution in [2.45, 2.75) is 32.5 Å². The number of ether oxygens (including phenoxy) is 1. The van der Waals surface area contributed by atoms with Crippen LogP contribution in [0.2, 0.25) is 0 Å². The number of amides is 1. The Morgan fingerprint density at radius 2 is 2.19 bits per heavy atom. The molecule has 27 heavy (non-hydrogen) atoms. The standard InChI is InChI=1S/C20H29N5O2/c1-23-11-17(10-22-23)12-24-13-18(14-25-6-2-3-19(25)15-24)20(26)21-9-16-4-7-27-8-5-16/h2-3,6,10-11,16,18H,4-5,7-9,12-15H2,1H3,(H,21,26). The van der Waals surface area contributed by atoms with Gasteiger partial charge < -0.3 is 14.6 Å². The second-order valence-corrected chi connectivity index (χ2v) is 7.84. The van der Waals surface area contributed by atoms with Gasteiger partial charge in [-0.25, -0.2) is 0 Å². The third-order valence-electron chi connectivity index (χ3n) is 5.65. The van der Waals surface area contributed by atoms with E-state index < -0.39 is 0 Å². The summed E-state index contributed by atoms with van der Waals surface area (Å²) < 4.78 is 9.46. The summed E-state index contributed by atoms with van der Waals surface area (Å²) in [6.07, 6.45) is 8.12. The van der Waals surface area contributed by atoms with E-state index in [9.17, 15) is 4.79 Å². The van der Waals surface area contributed by atoms with Crippen molar-refractivity contribution >= 4 is 5.91 Å². The van der Waals surface area contributed by atoms with Crippen LogP contribution in [0, 0.1) is 11.8 Å². The zero-order valence-electron chi connectivity index (χ0n) is 16.0. The predicted octanol–water partition coefficient (Wildman–Crippen LogP) is 1.40. The number of carbonyl (C=O) groups excluding carboxylic acids is 1. The van der Waals surface area contributed by atoms with Crippen LogP contribution in [0.3, 0.4) is 0 Å². The van der Waals surface area contributed by atoms with E-state index in [0.29, 0.717) is 5.92 Å². The summed E-state index contributed by atoms with van der Waals surface area (Å²) >= 11 is 0. The van der Waals surface area contributed by atoms with Gasteiger partial charge in [0, 0.05) is 76.6 Å². The molecule has 7 heteroatoms. The first-order chi connectivity index (χ1) is 13.2. The van der Waals surface area contributed by atoms with Gasteiger partial charge >= 0.3 is 0 Å². The number of carbonyl (C=O) groups is 1. The molecule has 1 N–H and O–H groups in total. The highest BCUT2D eigenvalue weighted by Crippen LogP contribution is 2.20. The van der Waals surface area contributed by atoms with Crippen molar-refractivity contribution in [3.05, 3.63) is 42.0 Å². The Hall–Kier alpha value is -2.12. The van der Waals surface area contributed by atoms with Gasteiger partial charge in [0.1, 0.15) is 0 Å². The molecule has 2 aromatic rings. The summed E-state index contributed by atoms with van der Waals surface area (Å²) in [5, 5.41) is 7.48. The highest BCUT2D eigenvalue weighted by atomic mass is 16.5. The van der Waals surface area contributed by atoms with Gasteiger partial charge in [0.25, 0.3) is 0 Å². The molecule has 1 saturated heterocycles. The average molecular weight is 371 g/mol. The second-order valence-electron chi connectivity index (χ2n) is 7.84. The third kappa shape index (κ3) is 4.59. The fraction of sp³-hybridized carbons (Fsp3) is 0.600. The van der Waals surface area contributed by atoms with Gasteiger partial charge in [0.15, 0.2) is 0 Å². The number of aromatic nitrogens is 3. The summed E-state index contributed by atoms with van der Waals surface area (Å²) in [7, 11) is 1.93. The number of hydrogen-bond donors (Lipinski definition) is 1. The molecule has 0 radical (unpaired) electrons. The van der Waals surface area contributed by atoms with Crippen molar-refractivity contribution in [2.24, 2.45) is 18.9 Å². The van der Waals surface area contributed by atoms with Crippen molar-refractivity contribution in [1.82, 2.24) is 24.6 Å². The van der Waals surface area contributed by atoms with Crippen LogP contribution in [0.5, 0.6) is 0 Å². The van der Waals surface area contributed by atoms with Gasteiger partial charge in [0.2, 0.25) is 5.91 Å². The number of rotatable bonds is 5. The summed E-state index contributed by atoms with van der Waals surface area (Å²) in [6.45, 7) is 5.56. The molecule has 4 rings (SSSR count). The van der Waals surface area contributed by atoms with E-state index in [4.69, 9.17) is 4.74 Å². The molecule has 0 aliphatic carbocycles. The van der Waals surface area contributed by atoms with Gasteiger partial charge in [-0.15, -0.1) is 0 Å². The number of fused-ring (bicyclic) bond motifs is 1. The van der Waals surface area contributed by atoms with Crippen molar-refractivity contribution in [1.29, 1.82) is 0 Å². The first-order valence-corrected chi connectivity index (χ1v) is 9.87. The van der Waals surface area contributed by atoms with E-state index in [1.807, 2.05) is 24.1 Å². The Labute approximate surface area is 160 Å². The van der Waals surface area contributed by atoms with Gasteiger partial charge in [-0.1, -0.05) is 0 Å². The molecule has 7 nitrogen and oxygen atoms in total. The Morgan fingerprint density at radius 3 is 2.96 bits per heavy atom. The average Bonchev–Trinajstić information content (AvgIpc) is 3.24. The Kier molecular flexibility index (Phi) is 5.59. The van der Waals surface area contributed by atoms with Crippen LogP contribution in [0.1, 0.15) is 24.1 Å². The van der Waals surface area contributed by atoms with Crippen LogP contribution in [0.25, 0.3) is 0 Å². The first kappa shape index (κ1) is 18.3. The van der Waals surface area contributed by atoms with Crippen LogP contribution in [0.15, 0.2) is 30.7 Å². The lowest BCUT2D eigenvalue weighted by molar-refractivity contribution is -0.126. The molecule has 2 aromatic heterocycles. The highest BCUT2D eigenvalue weighted by Gasteiger charge is 2.27. The highest BCUT2D eigenvalue weighted by molar-refractivity contribution is 5.78. The maximum Gasteiger partial charge on any atom is 0.226 e. The maximum atomic E-state index is 12.9. The summed E-state index contributed by atoms with van der Waals surface area (Å²) in [5.41, 5.74) is 2.44. The third-order valence-corrected chi connectivity index (χ3v) is 5.65. The zero-order valence-corrected chi connectivity index (χ0v) is 16.0. The lowest BCUT2D eigenvalue weighted by Crippen LogP contribution is -2.41. The molecule has 1 amide bonds. The summed E-state index contributed by atoms with van der Waals surface area (Å²) in [6, 6.07) is 4.22. The van der Waals surface area contributed by atoms with E-state index in [1.54, 1.807) is 0 Å². The molecular formula is C20H29N5O2. The monoisotopic (exact) mass is 371 g/mol. The van der Waals surface area contributed by atoms with E-state index in [1.165, 1.54) is 11.3 Å². The summed E-state index contributed by atoms with van der Waals surface area (Å²) in [4.78, 5) is 15.3. The molecule has 1 unspecified atom stereocenters. The molecule has 2 aliphatic rings. The van der Waals surface area contributed by atoms with Gasteiger partial charge in [-0.05, 0) is 30.9 Å². The Morgan fingerprint density at radius 1 is 1.33 bits per heavy atom. The van der Waals surface area contributed by atoms with Gasteiger partial charge in [0.05, 0.1) is 12.1 Å². The lowest BCUT2D eigenvalue weighted by Gasteiger charge is -2.25. The molecule has 4 heterocycles. The van der Waals surface area contributed by atoms with Crippen LogP contribution in [0.4, 0.5) is 0 Å². The topological polar surface area (TPSA) is 64.3 Å². The van der Waals surface area contributed by atoms with Crippen LogP contribution in [-0.4, -0.2) is 51.5 Å². The van der Waals surface area contributed by atoms with Crippen molar-refractivity contribution in [3.8, 4) is 0 Å². The smallest absolute Gasteiger partial charge is 0.226 e. The number of hydrogen-bond acceptors (Lipinski definition) is 4. The molecular weight excluding hydrogens is 342 g/mol. The fourth-order valence-electron chi connectivity index (χ4n) is 4.11. The van der Waals surface area contributed by atoms with Gasteiger partial charge in [-0.2, -0.15) is 5.10 Å². The van der Waals surface area contributed by atoms with Gasteiger partial charge in [-0.3, -0.25) is 14.4 Å². The normalized spacial score (nSPS) is 21.6. The van der Waals surface area contributed by atoms with Crippen molar-refractivity contribution in [2.75, 3.05) is 26.3 Å². The first-order valence-electron chi connectivity index (χ1n) is 9.87. The van der Waals surface area contributed by atoms with Crippen LogP contribution >= 0.6 is 0 Å². The molecule has 2 aliphatic heterocycles. The van der Waals surface area contributed by atoms with Crippen LogP contribution < -0.4 is 5.32 Å². The summed E-state index contributed by atoms with van der Waals surface area (Å²) in [5.74, 6) is 0.663. The fourth-order valence-corrected chi connectivity index (χ4v) is 4.11. The molecule has 1 fully saturated rings. The SMILES string of the molecule is Cn1cc(CN2Cc3cccn3CC(C(=O)NCC3CCOCC3)C2)cn1. The molecule has 0 aromatic carbocycles.